The first-order valence-electron chi connectivity index (χ1n) is 3.99. The van der Waals surface area contributed by atoms with Gasteiger partial charge in [-0.3, -0.25) is 0 Å². The second-order valence-corrected chi connectivity index (χ2v) is 3.39. The van der Waals surface area contributed by atoms with E-state index in [1.54, 1.807) is 6.20 Å². The number of hydrogen-bond donors (Lipinski definition) is 1. The Morgan fingerprint density at radius 1 is 1.38 bits per heavy atom. The molecule has 1 aromatic carbocycles. The molecule has 13 heavy (non-hydrogen) atoms. The average molecular weight is 193 g/mol. The van der Waals surface area contributed by atoms with E-state index in [4.69, 9.17) is 17.3 Å². The van der Waals surface area contributed by atoms with Gasteiger partial charge in [-0.1, -0.05) is 11.6 Å². The van der Waals surface area contributed by atoms with Gasteiger partial charge in [0.2, 0.25) is 0 Å². The van der Waals surface area contributed by atoms with E-state index in [2.05, 4.69) is 4.98 Å². The topological polar surface area (TPSA) is 38.9 Å². The molecule has 0 saturated carbocycles. The molecule has 0 aliphatic heterocycles. The predicted octanol–water partition coefficient (Wildman–Crippen LogP) is 2.78. The molecule has 0 saturated heterocycles. The third kappa shape index (κ3) is 1.33. The van der Waals surface area contributed by atoms with E-state index in [1.807, 2.05) is 25.1 Å². The van der Waals surface area contributed by atoms with Crippen molar-refractivity contribution >= 4 is 28.1 Å². The van der Waals surface area contributed by atoms with E-state index in [1.165, 1.54) is 0 Å². The standard InChI is InChI=1S/C10H9ClN2/c1-6-4-7-2-3-13-10(11)8(7)5-9(6)12/h2-5H,12H2,1H3. The number of nitrogen functional groups attached to an aromatic ring is 1. The van der Waals surface area contributed by atoms with Crippen LogP contribution in [0.2, 0.25) is 5.15 Å². The molecule has 2 N–H and O–H groups in total. The number of rotatable bonds is 0. The largest absolute Gasteiger partial charge is 0.398 e. The fraction of sp³-hybridized carbons (Fsp3) is 0.100. The van der Waals surface area contributed by atoms with Gasteiger partial charge in [0, 0.05) is 17.3 Å². The zero-order valence-corrected chi connectivity index (χ0v) is 7.97. The molecule has 0 aliphatic rings. The summed E-state index contributed by atoms with van der Waals surface area (Å²) >= 11 is 5.91. The highest BCUT2D eigenvalue weighted by atomic mass is 35.5. The number of nitrogens with two attached hydrogens (primary N) is 1. The zero-order chi connectivity index (χ0) is 9.42. The summed E-state index contributed by atoms with van der Waals surface area (Å²) < 4.78 is 0. The Bertz CT molecular complexity index is 466. The Balaban J connectivity index is 2.89. The van der Waals surface area contributed by atoms with E-state index in [9.17, 15) is 0 Å². The number of aromatic nitrogens is 1. The summed E-state index contributed by atoms with van der Waals surface area (Å²) in [5.74, 6) is 0. The number of anilines is 1. The van der Waals surface area contributed by atoms with Crippen molar-refractivity contribution in [1.29, 1.82) is 0 Å². The molecular weight excluding hydrogens is 184 g/mol. The predicted molar refractivity (Wildman–Crippen MR) is 55.9 cm³/mol. The maximum Gasteiger partial charge on any atom is 0.136 e. The van der Waals surface area contributed by atoms with Crippen LogP contribution in [0.15, 0.2) is 24.4 Å². The van der Waals surface area contributed by atoms with Crippen LogP contribution in [0.3, 0.4) is 0 Å². The summed E-state index contributed by atoms with van der Waals surface area (Å²) in [4.78, 5) is 3.99. The van der Waals surface area contributed by atoms with Crippen LogP contribution in [0, 0.1) is 6.92 Å². The summed E-state index contributed by atoms with van der Waals surface area (Å²) in [5, 5.41) is 2.49. The maximum absolute atomic E-state index is 5.91. The minimum atomic E-state index is 0.504. The van der Waals surface area contributed by atoms with Gasteiger partial charge in [0.05, 0.1) is 0 Å². The highest BCUT2D eigenvalue weighted by Gasteiger charge is 2.01. The molecule has 66 valence electrons. The van der Waals surface area contributed by atoms with Crippen LogP contribution in [0.1, 0.15) is 5.56 Å². The molecule has 2 rings (SSSR count). The Hall–Kier alpha value is -1.28. The van der Waals surface area contributed by atoms with E-state index in [0.29, 0.717) is 5.15 Å². The third-order valence-corrected chi connectivity index (χ3v) is 2.40. The molecule has 3 heteroatoms. The molecule has 1 aromatic heterocycles. The number of halogens is 1. The highest BCUT2D eigenvalue weighted by Crippen LogP contribution is 2.25. The van der Waals surface area contributed by atoms with Crippen molar-refractivity contribution in [2.24, 2.45) is 0 Å². The first-order valence-corrected chi connectivity index (χ1v) is 4.36. The lowest BCUT2D eigenvalue weighted by molar-refractivity contribution is 1.36. The maximum atomic E-state index is 5.91. The molecule has 0 unspecified atom stereocenters. The van der Waals surface area contributed by atoms with Gasteiger partial charge >= 0.3 is 0 Å². The minimum Gasteiger partial charge on any atom is -0.398 e. The molecule has 0 amide bonds. The molecule has 1 heterocycles. The van der Waals surface area contributed by atoms with Crippen molar-refractivity contribution in [3.63, 3.8) is 0 Å². The van der Waals surface area contributed by atoms with Crippen molar-refractivity contribution in [3.8, 4) is 0 Å². The van der Waals surface area contributed by atoms with Crippen molar-refractivity contribution in [1.82, 2.24) is 4.98 Å². The first-order chi connectivity index (χ1) is 6.18. The van der Waals surface area contributed by atoms with E-state index >= 15 is 0 Å². The Kier molecular flexibility index (Phi) is 1.85. The number of pyridine rings is 1. The lowest BCUT2D eigenvalue weighted by Gasteiger charge is -2.03. The summed E-state index contributed by atoms with van der Waals surface area (Å²) in [6, 6.07) is 5.80. The van der Waals surface area contributed by atoms with Crippen LogP contribution >= 0.6 is 11.6 Å². The van der Waals surface area contributed by atoms with Gasteiger partial charge in [0.15, 0.2) is 0 Å². The normalized spacial score (nSPS) is 10.6. The van der Waals surface area contributed by atoms with Gasteiger partial charge < -0.3 is 5.73 Å². The van der Waals surface area contributed by atoms with Crippen molar-refractivity contribution < 1.29 is 0 Å². The lowest BCUT2D eigenvalue weighted by atomic mass is 10.1. The number of nitrogens with zero attached hydrogens (tertiary/aromatic N) is 1. The molecule has 0 aliphatic carbocycles. The van der Waals surface area contributed by atoms with Crippen LogP contribution in [-0.2, 0) is 0 Å². The number of hydrogen-bond acceptors (Lipinski definition) is 2. The summed E-state index contributed by atoms with van der Waals surface area (Å²) in [6.45, 7) is 1.98. The smallest absolute Gasteiger partial charge is 0.136 e. The van der Waals surface area contributed by atoms with Crippen LogP contribution in [0.25, 0.3) is 10.8 Å². The monoisotopic (exact) mass is 192 g/mol. The summed E-state index contributed by atoms with van der Waals surface area (Å²) in [5.41, 5.74) is 7.59. The molecule has 0 radical (unpaired) electrons. The van der Waals surface area contributed by atoms with Gasteiger partial charge in [-0.05, 0) is 36.1 Å². The zero-order valence-electron chi connectivity index (χ0n) is 7.21. The molecule has 0 bridgehead atoms. The van der Waals surface area contributed by atoms with Gasteiger partial charge in [-0.15, -0.1) is 0 Å². The van der Waals surface area contributed by atoms with Crippen LogP contribution in [-0.4, -0.2) is 4.98 Å². The average Bonchev–Trinajstić information content (AvgIpc) is 2.09. The Morgan fingerprint density at radius 3 is 2.92 bits per heavy atom. The lowest BCUT2D eigenvalue weighted by Crippen LogP contribution is -1.90. The minimum absolute atomic E-state index is 0.504. The fourth-order valence-electron chi connectivity index (χ4n) is 1.32. The number of fused-ring (bicyclic) bond motifs is 1. The van der Waals surface area contributed by atoms with Crippen molar-refractivity contribution in [2.75, 3.05) is 5.73 Å². The molecule has 2 nitrogen and oxygen atoms in total. The van der Waals surface area contributed by atoms with Crippen molar-refractivity contribution in [2.45, 2.75) is 6.92 Å². The first kappa shape index (κ1) is 8.32. The van der Waals surface area contributed by atoms with Gasteiger partial charge in [0.1, 0.15) is 5.15 Å². The molecule has 0 atom stereocenters. The van der Waals surface area contributed by atoms with E-state index < -0.39 is 0 Å². The number of aryl methyl sites for hydroxylation is 1. The van der Waals surface area contributed by atoms with Gasteiger partial charge in [0.25, 0.3) is 0 Å². The second kappa shape index (κ2) is 2.89. The molecule has 2 aromatic rings. The molecular formula is C10H9ClN2. The Morgan fingerprint density at radius 2 is 2.15 bits per heavy atom. The molecule has 0 spiro atoms. The number of benzene rings is 1. The SMILES string of the molecule is Cc1cc2ccnc(Cl)c2cc1N. The van der Waals surface area contributed by atoms with Gasteiger partial charge in [-0.2, -0.15) is 0 Å². The van der Waals surface area contributed by atoms with Crippen LogP contribution < -0.4 is 5.73 Å². The molecule has 0 fully saturated rings. The fourth-order valence-corrected chi connectivity index (χ4v) is 1.54. The van der Waals surface area contributed by atoms with E-state index in [-0.39, 0.29) is 0 Å². The Labute approximate surface area is 81.3 Å². The second-order valence-electron chi connectivity index (χ2n) is 3.03. The third-order valence-electron chi connectivity index (χ3n) is 2.10. The summed E-state index contributed by atoms with van der Waals surface area (Å²) in [6.07, 6.45) is 1.69. The van der Waals surface area contributed by atoms with E-state index in [0.717, 1.165) is 22.0 Å². The highest BCUT2D eigenvalue weighted by molar-refractivity contribution is 6.34. The van der Waals surface area contributed by atoms with Gasteiger partial charge in [-0.25, -0.2) is 4.98 Å². The van der Waals surface area contributed by atoms with Crippen LogP contribution in [0.5, 0.6) is 0 Å². The quantitative estimate of drug-likeness (QED) is 0.515. The van der Waals surface area contributed by atoms with Crippen LogP contribution in [0.4, 0.5) is 5.69 Å². The summed E-state index contributed by atoms with van der Waals surface area (Å²) in [7, 11) is 0. The van der Waals surface area contributed by atoms with Crippen molar-refractivity contribution in [3.05, 3.63) is 35.1 Å².